The zero-order valence-corrected chi connectivity index (χ0v) is 16.3. The van der Waals surface area contributed by atoms with Crippen molar-refractivity contribution in [3.63, 3.8) is 0 Å². The summed E-state index contributed by atoms with van der Waals surface area (Å²) in [6.45, 7) is 4.12. The standard InChI is InChI=1S/C19H23N3O2S.ClH/c1-14(17(20)15-5-3-2-4-6-15)18(23)21-8-10-22(11-9-21)19(24)16-7-12-25-13-16;/h2-7,12-14,17H,8-11,20H2,1H3;1H. The molecular formula is C19H24ClN3O2S. The molecule has 140 valence electrons. The van der Waals surface area contributed by atoms with Gasteiger partial charge in [0, 0.05) is 37.6 Å². The maximum atomic E-state index is 12.8. The summed E-state index contributed by atoms with van der Waals surface area (Å²) in [5.74, 6) is -0.192. The number of halogens is 1. The Morgan fingerprint density at radius 1 is 1.04 bits per heavy atom. The van der Waals surface area contributed by atoms with Gasteiger partial charge in [0.1, 0.15) is 0 Å². The number of thiophene rings is 1. The van der Waals surface area contributed by atoms with Crippen LogP contribution < -0.4 is 5.73 Å². The first-order valence-electron chi connectivity index (χ1n) is 8.48. The van der Waals surface area contributed by atoms with Gasteiger partial charge in [0.25, 0.3) is 5.91 Å². The summed E-state index contributed by atoms with van der Waals surface area (Å²) in [6.07, 6.45) is 0. The van der Waals surface area contributed by atoms with Crippen LogP contribution in [0.15, 0.2) is 47.2 Å². The van der Waals surface area contributed by atoms with Crippen molar-refractivity contribution in [1.29, 1.82) is 0 Å². The lowest BCUT2D eigenvalue weighted by molar-refractivity contribution is -0.137. The van der Waals surface area contributed by atoms with Crippen LogP contribution in [-0.2, 0) is 4.79 Å². The van der Waals surface area contributed by atoms with Crippen LogP contribution in [-0.4, -0.2) is 47.8 Å². The molecule has 1 aliphatic heterocycles. The molecular weight excluding hydrogens is 370 g/mol. The van der Waals surface area contributed by atoms with Gasteiger partial charge in [-0.1, -0.05) is 37.3 Å². The molecule has 0 radical (unpaired) electrons. The van der Waals surface area contributed by atoms with Gasteiger partial charge < -0.3 is 15.5 Å². The third-order valence-electron chi connectivity index (χ3n) is 4.76. The average molecular weight is 394 g/mol. The second kappa shape index (κ2) is 9.16. The molecule has 2 amide bonds. The minimum atomic E-state index is -0.320. The third kappa shape index (κ3) is 4.44. The Morgan fingerprint density at radius 2 is 1.65 bits per heavy atom. The highest BCUT2D eigenvalue weighted by atomic mass is 35.5. The fourth-order valence-electron chi connectivity index (χ4n) is 3.10. The number of benzene rings is 1. The normalized spacial score (nSPS) is 16.5. The first-order valence-corrected chi connectivity index (χ1v) is 9.43. The Balaban J connectivity index is 0.00000243. The minimum Gasteiger partial charge on any atom is -0.339 e. The maximum Gasteiger partial charge on any atom is 0.254 e. The quantitative estimate of drug-likeness (QED) is 0.868. The number of piperazine rings is 1. The topological polar surface area (TPSA) is 66.6 Å². The van der Waals surface area contributed by atoms with Crippen LogP contribution in [0.5, 0.6) is 0 Å². The largest absolute Gasteiger partial charge is 0.339 e. The van der Waals surface area contributed by atoms with Crippen LogP contribution in [0.2, 0.25) is 0 Å². The van der Waals surface area contributed by atoms with E-state index >= 15 is 0 Å². The summed E-state index contributed by atoms with van der Waals surface area (Å²) in [4.78, 5) is 28.8. The Hall–Kier alpha value is -1.89. The molecule has 0 aliphatic carbocycles. The van der Waals surface area contributed by atoms with Crippen molar-refractivity contribution in [2.24, 2.45) is 11.7 Å². The lowest BCUT2D eigenvalue weighted by atomic mass is 9.94. The van der Waals surface area contributed by atoms with E-state index < -0.39 is 0 Å². The van der Waals surface area contributed by atoms with Gasteiger partial charge >= 0.3 is 0 Å². The van der Waals surface area contributed by atoms with Gasteiger partial charge in [-0.05, 0) is 17.0 Å². The number of nitrogens with zero attached hydrogens (tertiary/aromatic N) is 2. The van der Waals surface area contributed by atoms with E-state index in [-0.39, 0.29) is 36.2 Å². The highest BCUT2D eigenvalue weighted by Crippen LogP contribution is 2.22. The van der Waals surface area contributed by atoms with Gasteiger partial charge in [0.05, 0.1) is 11.5 Å². The molecule has 1 aromatic carbocycles. The monoisotopic (exact) mass is 393 g/mol. The van der Waals surface area contributed by atoms with Gasteiger partial charge in [-0.15, -0.1) is 12.4 Å². The lowest BCUT2D eigenvalue weighted by Gasteiger charge is -2.36. The number of carbonyl (C=O) groups excluding carboxylic acids is 2. The van der Waals surface area contributed by atoms with Crippen LogP contribution in [0.25, 0.3) is 0 Å². The summed E-state index contributed by atoms with van der Waals surface area (Å²) in [6, 6.07) is 11.2. The SMILES string of the molecule is CC(C(=O)N1CCN(C(=O)c2ccsc2)CC1)C(N)c1ccccc1.Cl. The van der Waals surface area contributed by atoms with E-state index in [9.17, 15) is 9.59 Å². The Kier molecular flexibility index (Phi) is 7.20. The van der Waals surface area contributed by atoms with Crippen molar-refractivity contribution in [3.8, 4) is 0 Å². The number of hydrogen-bond acceptors (Lipinski definition) is 4. The summed E-state index contributed by atoms with van der Waals surface area (Å²) in [5, 5.41) is 3.76. The molecule has 1 aliphatic rings. The molecule has 0 spiro atoms. The van der Waals surface area contributed by atoms with E-state index in [1.165, 1.54) is 11.3 Å². The molecule has 1 saturated heterocycles. The third-order valence-corrected chi connectivity index (χ3v) is 5.44. The molecule has 5 nitrogen and oxygen atoms in total. The molecule has 2 aromatic rings. The number of carbonyl (C=O) groups is 2. The molecule has 0 saturated carbocycles. The second-order valence-corrected chi connectivity index (χ2v) is 7.13. The summed E-state index contributed by atoms with van der Waals surface area (Å²) < 4.78 is 0. The van der Waals surface area contributed by atoms with E-state index in [1.807, 2.05) is 63.9 Å². The van der Waals surface area contributed by atoms with Crippen molar-refractivity contribution in [3.05, 3.63) is 58.3 Å². The van der Waals surface area contributed by atoms with Crippen LogP contribution in [0.4, 0.5) is 0 Å². The molecule has 0 bridgehead atoms. The van der Waals surface area contributed by atoms with E-state index in [2.05, 4.69) is 0 Å². The molecule has 2 heterocycles. The highest BCUT2D eigenvalue weighted by Gasteiger charge is 2.30. The van der Waals surface area contributed by atoms with Crippen molar-refractivity contribution < 1.29 is 9.59 Å². The van der Waals surface area contributed by atoms with Gasteiger partial charge in [-0.2, -0.15) is 11.3 Å². The molecule has 2 N–H and O–H groups in total. The second-order valence-electron chi connectivity index (χ2n) is 6.35. The number of amides is 2. The van der Waals surface area contributed by atoms with E-state index in [0.717, 1.165) is 11.1 Å². The molecule has 1 fully saturated rings. The van der Waals surface area contributed by atoms with Crippen LogP contribution in [0.3, 0.4) is 0 Å². The predicted molar refractivity (Wildman–Crippen MR) is 107 cm³/mol. The molecule has 3 rings (SSSR count). The van der Waals surface area contributed by atoms with Crippen molar-refractivity contribution in [1.82, 2.24) is 9.80 Å². The Morgan fingerprint density at radius 3 is 2.23 bits per heavy atom. The van der Waals surface area contributed by atoms with Crippen molar-refractivity contribution in [2.45, 2.75) is 13.0 Å². The summed E-state index contributed by atoms with van der Waals surface area (Å²) in [5.41, 5.74) is 7.97. The fourth-order valence-corrected chi connectivity index (χ4v) is 3.73. The predicted octanol–water partition coefficient (Wildman–Crippen LogP) is 2.79. The lowest BCUT2D eigenvalue weighted by Crippen LogP contribution is -2.52. The highest BCUT2D eigenvalue weighted by molar-refractivity contribution is 7.08. The Labute approximate surface area is 164 Å². The van der Waals surface area contributed by atoms with E-state index in [4.69, 9.17) is 5.73 Å². The van der Waals surface area contributed by atoms with Crippen molar-refractivity contribution in [2.75, 3.05) is 26.2 Å². The average Bonchev–Trinajstić information content (AvgIpc) is 3.21. The Bertz CT molecular complexity index is 716. The van der Waals surface area contributed by atoms with E-state index in [0.29, 0.717) is 26.2 Å². The van der Waals surface area contributed by atoms with Crippen molar-refractivity contribution >= 4 is 35.6 Å². The first-order chi connectivity index (χ1) is 12.1. The molecule has 2 atom stereocenters. The van der Waals surface area contributed by atoms with Gasteiger partial charge in [0.15, 0.2) is 0 Å². The number of rotatable bonds is 4. The number of nitrogens with two attached hydrogens (primary N) is 1. The maximum absolute atomic E-state index is 12.8. The zero-order valence-electron chi connectivity index (χ0n) is 14.7. The smallest absolute Gasteiger partial charge is 0.254 e. The molecule has 2 unspecified atom stereocenters. The van der Waals surface area contributed by atoms with Crippen LogP contribution in [0, 0.1) is 5.92 Å². The van der Waals surface area contributed by atoms with E-state index in [1.54, 1.807) is 0 Å². The zero-order chi connectivity index (χ0) is 17.8. The first kappa shape index (κ1) is 20.4. The fraction of sp³-hybridized carbons (Fsp3) is 0.368. The van der Waals surface area contributed by atoms with Gasteiger partial charge in [-0.3, -0.25) is 9.59 Å². The van der Waals surface area contributed by atoms with Gasteiger partial charge in [0.2, 0.25) is 5.91 Å². The van der Waals surface area contributed by atoms with Gasteiger partial charge in [-0.25, -0.2) is 0 Å². The minimum absolute atomic E-state index is 0. The molecule has 26 heavy (non-hydrogen) atoms. The number of hydrogen-bond donors (Lipinski definition) is 1. The van der Waals surface area contributed by atoms with Crippen LogP contribution >= 0.6 is 23.7 Å². The van der Waals surface area contributed by atoms with Crippen LogP contribution in [0.1, 0.15) is 28.9 Å². The summed E-state index contributed by atoms with van der Waals surface area (Å²) in [7, 11) is 0. The summed E-state index contributed by atoms with van der Waals surface area (Å²) >= 11 is 1.52. The molecule has 1 aromatic heterocycles. The molecule has 7 heteroatoms.